The van der Waals surface area contributed by atoms with Gasteiger partial charge in [0.2, 0.25) is 10.0 Å². The van der Waals surface area contributed by atoms with Crippen LogP contribution in [-0.4, -0.2) is 92.8 Å². The van der Waals surface area contributed by atoms with Crippen LogP contribution in [0.15, 0.2) is 42.5 Å². The maximum atomic E-state index is 12.5. The zero-order valence-corrected chi connectivity index (χ0v) is 27.2. The molecule has 2 saturated heterocycles. The highest BCUT2D eigenvalue weighted by atomic mass is 35.5. The van der Waals surface area contributed by atoms with Gasteiger partial charge in [-0.25, -0.2) is 8.42 Å². The highest BCUT2D eigenvalue weighted by molar-refractivity contribution is 7.88. The molecule has 0 unspecified atom stereocenters. The largest absolute Gasteiger partial charge is 0.381 e. The molecule has 11 heteroatoms. The van der Waals surface area contributed by atoms with Crippen molar-refractivity contribution < 1.29 is 17.9 Å². The number of nitrogens with zero attached hydrogens (tertiary/aromatic N) is 4. The maximum Gasteiger partial charge on any atom is 0.211 e. The summed E-state index contributed by atoms with van der Waals surface area (Å²) in [5.74, 6) is 0.668. The van der Waals surface area contributed by atoms with E-state index in [1.165, 1.54) is 11.8 Å². The number of ether oxygens (including phenoxy) is 2. The zero-order valence-electron chi connectivity index (χ0n) is 25.6. The van der Waals surface area contributed by atoms with Gasteiger partial charge in [0.1, 0.15) is 0 Å². The van der Waals surface area contributed by atoms with E-state index in [0.29, 0.717) is 30.5 Å². The quantitative estimate of drug-likeness (QED) is 0.332. The predicted octanol–water partition coefficient (Wildman–Crippen LogP) is 4.43. The van der Waals surface area contributed by atoms with Crippen molar-refractivity contribution in [2.75, 3.05) is 65.4 Å². The molecule has 0 radical (unpaired) electrons. The lowest BCUT2D eigenvalue weighted by Crippen LogP contribution is -2.37. The fraction of sp³-hybridized carbons (Fsp3) is 0.545. The van der Waals surface area contributed by atoms with Crippen LogP contribution in [0.25, 0.3) is 22.4 Å². The summed E-state index contributed by atoms with van der Waals surface area (Å²) in [5.41, 5.74) is 7.13. The first-order valence-corrected chi connectivity index (χ1v) is 18.1. The first-order valence-electron chi connectivity index (χ1n) is 15.9. The van der Waals surface area contributed by atoms with Crippen LogP contribution in [0.1, 0.15) is 36.1 Å². The molecule has 0 saturated carbocycles. The molecule has 0 atom stereocenters. The molecular formula is C33H44ClN5O4S. The monoisotopic (exact) mass is 641 g/mol. The van der Waals surface area contributed by atoms with Gasteiger partial charge in [-0.15, -0.1) is 0 Å². The fourth-order valence-corrected chi connectivity index (χ4v) is 7.56. The van der Waals surface area contributed by atoms with E-state index in [9.17, 15) is 8.42 Å². The summed E-state index contributed by atoms with van der Waals surface area (Å²) in [6.45, 7) is 9.61. The minimum atomic E-state index is -3.32. The SMILES string of the molecule is CS(=O)(=O)N1CCc2c(c(-c3ccc(Cl)c(-c4cccc(CNCC5CCOCC5)c4)c3)nn2CCCN2CCOCC2)C1. The molecule has 4 heterocycles. The van der Waals surface area contributed by atoms with Gasteiger partial charge >= 0.3 is 0 Å². The van der Waals surface area contributed by atoms with Crippen LogP contribution in [-0.2, 0) is 45.6 Å². The van der Waals surface area contributed by atoms with E-state index < -0.39 is 10.0 Å². The lowest BCUT2D eigenvalue weighted by Gasteiger charge is -2.27. The van der Waals surface area contributed by atoms with Crippen molar-refractivity contribution in [1.29, 1.82) is 0 Å². The Kier molecular flexibility index (Phi) is 10.4. The van der Waals surface area contributed by atoms with Crippen molar-refractivity contribution in [2.45, 2.75) is 45.3 Å². The molecule has 9 nitrogen and oxygen atoms in total. The molecular weight excluding hydrogens is 598 g/mol. The molecule has 0 aliphatic carbocycles. The van der Waals surface area contributed by atoms with Gasteiger partial charge < -0.3 is 14.8 Å². The molecule has 0 spiro atoms. The third-order valence-electron chi connectivity index (χ3n) is 9.10. The Hall–Kier alpha value is -2.31. The van der Waals surface area contributed by atoms with Crippen LogP contribution in [0.4, 0.5) is 0 Å². The number of morpholine rings is 1. The summed E-state index contributed by atoms with van der Waals surface area (Å²) < 4.78 is 39.7. The fourth-order valence-electron chi connectivity index (χ4n) is 6.55. The Labute approximate surface area is 266 Å². The number of rotatable bonds is 11. The van der Waals surface area contributed by atoms with Crippen LogP contribution in [0.3, 0.4) is 0 Å². The minimum absolute atomic E-state index is 0.333. The number of aryl methyl sites for hydroxylation is 1. The van der Waals surface area contributed by atoms with Crippen LogP contribution in [0.2, 0.25) is 5.02 Å². The summed E-state index contributed by atoms with van der Waals surface area (Å²) in [5, 5.41) is 9.42. The number of fused-ring (bicyclic) bond motifs is 1. The van der Waals surface area contributed by atoms with E-state index >= 15 is 0 Å². The maximum absolute atomic E-state index is 12.5. The Morgan fingerprint density at radius 3 is 2.57 bits per heavy atom. The highest BCUT2D eigenvalue weighted by Gasteiger charge is 2.30. The standard InChI is InChI=1S/C33H44ClN5O4S/c1-44(40,41)38-13-8-32-30(24-38)33(36-39(32)12-3-11-37-14-18-43-19-15-37)28-6-7-31(34)29(21-28)27-5-2-4-26(20-27)23-35-22-25-9-16-42-17-10-25/h2,4-7,20-21,25,35H,3,8-19,22-24H2,1H3. The van der Waals surface area contributed by atoms with Gasteiger partial charge in [0.15, 0.2) is 0 Å². The van der Waals surface area contributed by atoms with Crippen LogP contribution in [0.5, 0.6) is 0 Å². The van der Waals surface area contributed by atoms with Crippen molar-refractivity contribution in [3.63, 3.8) is 0 Å². The van der Waals surface area contributed by atoms with Crippen molar-refractivity contribution in [3.8, 4) is 22.4 Å². The van der Waals surface area contributed by atoms with Crippen molar-refractivity contribution in [2.24, 2.45) is 5.92 Å². The predicted molar refractivity (Wildman–Crippen MR) is 174 cm³/mol. The number of nitrogens with one attached hydrogen (secondary N) is 1. The van der Waals surface area contributed by atoms with E-state index in [1.807, 2.05) is 12.1 Å². The first-order chi connectivity index (χ1) is 21.3. The second-order valence-corrected chi connectivity index (χ2v) is 14.6. The van der Waals surface area contributed by atoms with Crippen molar-refractivity contribution in [3.05, 3.63) is 64.3 Å². The topological polar surface area (TPSA) is 88.9 Å². The molecule has 1 aromatic heterocycles. The van der Waals surface area contributed by atoms with Gasteiger partial charge in [-0.05, 0) is 61.1 Å². The van der Waals surface area contributed by atoms with E-state index in [0.717, 1.165) is 119 Å². The molecule has 1 N–H and O–H groups in total. The summed E-state index contributed by atoms with van der Waals surface area (Å²) in [4.78, 5) is 2.44. The average Bonchev–Trinajstić information content (AvgIpc) is 3.40. The lowest BCUT2D eigenvalue weighted by atomic mass is 9.97. The Morgan fingerprint density at radius 2 is 1.77 bits per heavy atom. The molecule has 0 amide bonds. The van der Waals surface area contributed by atoms with Crippen LogP contribution < -0.4 is 5.32 Å². The molecule has 44 heavy (non-hydrogen) atoms. The molecule has 2 aromatic carbocycles. The van der Waals surface area contributed by atoms with Gasteiger partial charge in [0, 0.05) is 92.9 Å². The Bertz CT molecular complexity index is 1530. The van der Waals surface area contributed by atoms with Crippen molar-refractivity contribution >= 4 is 21.6 Å². The van der Waals surface area contributed by atoms with Crippen LogP contribution in [0, 0.1) is 5.92 Å². The second kappa shape index (κ2) is 14.4. The Balaban J connectivity index is 1.24. The summed E-state index contributed by atoms with van der Waals surface area (Å²) in [7, 11) is -3.32. The van der Waals surface area contributed by atoms with Crippen LogP contribution >= 0.6 is 11.6 Å². The molecule has 3 aliphatic rings. The van der Waals surface area contributed by atoms with Gasteiger partial charge in [0.05, 0.1) is 25.2 Å². The average molecular weight is 642 g/mol. The lowest BCUT2D eigenvalue weighted by molar-refractivity contribution is 0.0368. The molecule has 3 aliphatic heterocycles. The number of benzene rings is 2. The first kappa shape index (κ1) is 31.7. The third-order valence-corrected chi connectivity index (χ3v) is 10.7. The zero-order chi connectivity index (χ0) is 30.5. The van der Waals surface area contributed by atoms with Crippen molar-refractivity contribution in [1.82, 2.24) is 24.3 Å². The summed E-state index contributed by atoms with van der Waals surface area (Å²) in [6.07, 6.45) is 5.15. The number of aromatic nitrogens is 2. The number of sulfonamides is 1. The van der Waals surface area contributed by atoms with Gasteiger partial charge in [-0.1, -0.05) is 35.9 Å². The number of hydrogen-bond acceptors (Lipinski definition) is 7. The number of halogens is 1. The van der Waals surface area contributed by atoms with E-state index in [2.05, 4.69) is 45.2 Å². The minimum Gasteiger partial charge on any atom is -0.381 e. The third kappa shape index (κ3) is 7.73. The van der Waals surface area contributed by atoms with E-state index in [4.69, 9.17) is 26.2 Å². The van der Waals surface area contributed by atoms with E-state index in [1.54, 1.807) is 4.31 Å². The molecule has 6 rings (SSSR count). The highest BCUT2D eigenvalue weighted by Crippen LogP contribution is 2.36. The van der Waals surface area contributed by atoms with Gasteiger partial charge in [-0.2, -0.15) is 9.40 Å². The van der Waals surface area contributed by atoms with Gasteiger partial charge in [-0.3, -0.25) is 9.58 Å². The summed E-state index contributed by atoms with van der Waals surface area (Å²) in [6, 6.07) is 14.6. The van der Waals surface area contributed by atoms with E-state index in [-0.39, 0.29) is 0 Å². The molecule has 238 valence electrons. The number of hydrogen-bond donors (Lipinski definition) is 1. The molecule has 0 bridgehead atoms. The normalized spacial score (nSPS) is 18.9. The Morgan fingerprint density at radius 1 is 0.977 bits per heavy atom. The molecule has 3 aromatic rings. The van der Waals surface area contributed by atoms with Gasteiger partial charge in [0.25, 0.3) is 0 Å². The smallest absolute Gasteiger partial charge is 0.211 e. The summed E-state index contributed by atoms with van der Waals surface area (Å²) >= 11 is 6.80. The molecule has 2 fully saturated rings. The second-order valence-electron chi connectivity index (χ2n) is 12.2.